The Morgan fingerprint density at radius 2 is 0.940 bits per heavy atom. The highest BCUT2D eigenvalue weighted by atomic mass is 33.1. The second-order valence-electron chi connectivity index (χ2n) is 13.0. The van der Waals surface area contributed by atoms with Gasteiger partial charge in [-0.1, -0.05) is 70.1 Å². The number of anilines is 2. The summed E-state index contributed by atoms with van der Waals surface area (Å²) in [5.41, 5.74) is 12.3. The summed E-state index contributed by atoms with van der Waals surface area (Å²) in [5.74, 6) is 2.16. The Bertz CT molecular complexity index is 2370. The van der Waals surface area contributed by atoms with Gasteiger partial charge in [0, 0.05) is 50.1 Å². The molecule has 50 heavy (non-hydrogen) atoms. The van der Waals surface area contributed by atoms with Crippen molar-refractivity contribution in [2.75, 3.05) is 48.5 Å². The van der Waals surface area contributed by atoms with Crippen LogP contribution in [0.5, 0.6) is 0 Å². The number of fused-ring (bicyclic) bond motifs is 6. The van der Waals surface area contributed by atoms with Crippen LogP contribution in [0.4, 0.5) is 11.4 Å². The van der Waals surface area contributed by atoms with E-state index in [1.807, 2.05) is 21.6 Å². The van der Waals surface area contributed by atoms with Crippen LogP contribution in [-0.4, -0.2) is 47.5 Å². The van der Waals surface area contributed by atoms with E-state index in [4.69, 9.17) is 0 Å². The van der Waals surface area contributed by atoms with E-state index in [2.05, 4.69) is 190 Å². The van der Waals surface area contributed by atoms with E-state index in [9.17, 15) is 0 Å². The first-order chi connectivity index (χ1) is 24.5. The van der Waals surface area contributed by atoms with Gasteiger partial charge in [-0.05, 0) is 83.9 Å². The topological polar surface area (TPSA) is 23.1 Å². The molecule has 4 aromatic heterocycles. The zero-order valence-corrected chi connectivity index (χ0v) is 30.7. The predicted octanol–water partition coefficient (Wildman–Crippen LogP) is 6.20. The number of rotatable bonds is 11. The van der Waals surface area contributed by atoms with Crippen LogP contribution < -0.4 is 29.4 Å². The van der Waals surface area contributed by atoms with E-state index in [1.165, 1.54) is 66.3 Å². The van der Waals surface area contributed by atoms with Crippen LogP contribution in [0.1, 0.15) is 11.1 Å². The summed E-state index contributed by atoms with van der Waals surface area (Å²) in [6, 6.07) is 39.4. The minimum absolute atomic E-state index is 1.01. The van der Waals surface area contributed by atoms with Crippen molar-refractivity contribution < 1.29 is 9.13 Å². The monoisotopic (exact) mass is 694 g/mol. The van der Waals surface area contributed by atoms with Gasteiger partial charge >= 0.3 is 0 Å². The van der Waals surface area contributed by atoms with Crippen molar-refractivity contribution in [1.29, 1.82) is 0 Å². The summed E-state index contributed by atoms with van der Waals surface area (Å²) in [7, 11) is 12.6. The maximum atomic E-state index is 2.35. The molecular weight excluding hydrogens is 653 g/mol. The van der Waals surface area contributed by atoms with Crippen LogP contribution in [0.25, 0.3) is 45.5 Å². The standard InChI is InChI=1S/C42H42N6S2/c1-43(35-17-13-31(14-18-35)29-33-21-23-47-39-11-7-5-9-37(39)45(3)41(33)47)25-27-49-50-28-26-44(2)36-19-15-32(16-20-36)30-34-22-24-48-40-12-8-6-10-38(40)46(4)42(34)48/h5-24,29-30H,25-28H2,1-4H3/q+2. The van der Waals surface area contributed by atoms with Gasteiger partial charge in [0.15, 0.2) is 22.1 Å². The van der Waals surface area contributed by atoms with Crippen molar-refractivity contribution >= 4 is 78.5 Å². The molecule has 250 valence electrons. The van der Waals surface area contributed by atoms with Crippen molar-refractivity contribution in [3.63, 3.8) is 0 Å². The smallest absolute Gasteiger partial charge is 0.294 e. The molecule has 0 spiro atoms. The fraction of sp³-hybridized carbons (Fsp3) is 0.190. The van der Waals surface area contributed by atoms with Crippen molar-refractivity contribution in [2.45, 2.75) is 0 Å². The Labute approximate surface area is 300 Å². The van der Waals surface area contributed by atoms with Crippen molar-refractivity contribution in [3.8, 4) is 0 Å². The average molecular weight is 695 g/mol. The molecule has 0 N–H and O–H groups in total. The summed E-state index contributed by atoms with van der Waals surface area (Å²) in [6.45, 7) is 2.02. The summed E-state index contributed by atoms with van der Waals surface area (Å²) < 4.78 is 9.12. The summed E-state index contributed by atoms with van der Waals surface area (Å²) in [4.78, 5) is 4.70. The highest BCUT2D eigenvalue weighted by molar-refractivity contribution is 8.76. The van der Waals surface area contributed by atoms with Crippen LogP contribution in [0, 0.1) is 0 Å². The number of aryl methyl sites for hydroxylation is 2. The largest absolute Gasteiger partial charge is 0.374 e. The molecule has 0 amide bonds. The molecule has 8 heteroatoms. The first kappa shape index (κ1) is 32.3. The summed E-state index contributed by atoms with van der Waals surface area (Å²) in [5, 5.41) is 2.46. The number of hydrogen-bond donors (Lipinski definition) is 0. The Morgan fingerprint density at radius 1 is 0.540 bits per heavy atom. The van der Waals surface area contributed by atoms with Crippen molar-refractivity contribution in [1.82, 2.24) is 8.80 Å². The number of aromatic nitrogens is 4. The lowest BCUT2D eigenvalue weighted by Crippen LogP contribution is -2.30. The molecule has 0 aliphatic carbocycles. The number of benzene rings is 4. The molecule has 8 rings (SSSR count). The summed E-state index contributed by atoms with van der Waals surface area (Å²) in [6.07, 6.45) is 8.90. The molecule has 4 heterocycles. The van der Waals surface area contributed by atoms with Crippen molar-refractivity contribution in [3.05, 3.63) is 143 Å². The van der Waals surface area contributed by atoms with Crippen LogP contribution in [-0.2, 0) is 14.1 Å². The highest BCUT2D eigenvalue weighted by Crippen LogP contribution is 2.24. The Balaban J connectivity index is 0.809. The third kappa shape index (κ3) is 6.07. The zero-order chi connectivity index (χ0) is 34.2. The number of imidazole rings is 2. The Morgan fingerprint density at radius 3 is 1.36 bits per heavy atom. The minimum atomic E-state index is 1.01. The van der Waals surface area contributed by atoms with Gasteiger partial charge in [-0.25, -0.2) is 9.13 Å². The molecule has 0 saturated carbocycles. The SMILES string of the molecule is CN(CCSSCCN(C)c1ccc(/C=c2\ccn3c4ccccc4[n+](C)c23)cc1)c1ccc(/C=c2\ccn3c4ccccc4[n+](C)c23)cc1. The van der Waals surface area contributed by atoms with Crippen LogP contribution in [0.3, 0.4) is 0 Å². The molecule has 0 unspecified atom stereocenters. The molecule has 4 aromatic carbocycles. The Hall–Kier alpha value is -4.92. The fourth-order valence-electron chi connectivity index (χ4n) is 7.07. The maximum Gasteiger partial charge on any atom is 0.294 e. The molecule has 0 radical (unpaired) electrons. The van der Waals surface area contributed by atoms with E-state index in [0.717, 1.165) is 24.6 Å². The van der Waals surface area contributed by atoms with Crippen LogP contribution in [0.2, 0.25) is 0 Å². The molecule has 0 aliphatic heterocycles. The zero-order valence-electron chi connectivity index (χ0n) is 29.0. The second kappa shape index (κ2) is 13.8. The Kier molecular flexibility index (Phi) is 8.89. The fourth-order valence-corrected chi connectivity index (χ4v) is 9.15. The molecule has 0 fully saturated rings. The normalized spacial score (nSPS) is 12.7. The first-order valence-corrected chi connectivity index (χ1v) is 19.6. The number of nitrogens with zero attached hydrogens (tertiary/aromatic N) is 6. The molecule has 6 nitrogen and oxygen atoms in total. The van der Waals surface area contributed by atoms with E-state index in [0.29, 0.717) is 0 Å². The molecular formula is C42H42N6S2+2. The van der Waals surface area contributed by atoms with Gasteiger partial charge in [-0.15, -0.1) is 0 Å². The van der Waals surface area contributed by atoms with E-state index >= 15 is 0 Å². The molecule has 0 bridgehead atoms. The molecule has 8 aromatic rings. The quantitative estimate of drug-likeness (QED) is 0.0915. The second-order valence-corrected chi connectivity index (χ2v) is 15.7. The first-order valence-electron chi connectivity index (χ1n) is 17.1. The third-order valence-corrected chi connectivity index (χ3v) is 12.2. The van der Waals surface area contributed by atoms with Gasteiger partial charge in [0.1, 0.15) is 0 Å². The van der Waals surface area contributed by atoms with Gasteiger partial charge in [-0.3, -0.25) is 0 Å². The molecule has 0 atom stereocenters. The highest BCUT2D eigenvalue weighted by Gasteiger charge is 2.19. The lowest BCUT2D eigenvalue weighted by molar-refractivity contribution is -0.618. The average Bonchev–Trinajstić information content (AvgIpc) is 3.90. The predicted molar refractivity (Wildman–Crippen MR) is 214 cm³/mol. The summed E-state index contributed by atoms with van der Waals surface area (Å²) >= 11 is 0. The molecule has 0 aliphatic rings. The van der Waals surface area contributed by atoms with Crippen molar-refractivity contribution in [2.24, 2.45) is 14.1 Å². The van der Waals surface area contributed by atoms with E-state index < -0.39 is 0 Å². The maximum absolute atomic E-state index is 2.35. The lowest BCUT2D eigenvalue weighted by Gasteiger charge is -2.20. The number of para-hydroxylation sites is 4. The van der Waals surface area contributed by atoms with Gasteiger partial charge in [0.2, 0.25) is 0 Å². The van der Waals surface area contributed by atoms with Crippen LogP contribution in [0.15, 0.2) is 122 Å². The minimum Gasteiger partial charge on any atom is -0.374 e. The lowest BCUT2D eigenvalue weighted by atomic mass is 10.1. The van der Waals surface area contributed by atoms with E-state index in [1.54, 1.807) is 0 Å². The molecule has 0 saturated heterocycles. The third-order valence-electron chi connectivity index (χ3n) is 9.84. The van der Waals surface area contributed by atoms with E-state index in [-0.39, 0.29) is 0 Å². The van der Waals surface area contributed by atoms with Gasteiger partial charge < -0.3 is 9.80 Å². The van der Waals surface area contributed by atoms with Crippen LogP contribution >= 0.6 is 21.6 Å². The van der Waals surface area contributed by atoms with Gasteiger partial charge in [0.25, 0.3) is 11.3 Å². The number of hydrogen-bond acceptors (Lipinski definition) is 4. The van der Waals surface area contributed by atoms with Gasteiger partial charge in [0.05, 0.1) is 36.9 Å². The van der Waals surface area contributed by atoms with Gasteiger partial charge in [-0.2, -0.15) is 8.80 Å².